The third-order valence-electron chi connectivity index (χ3n) is 3.47. The van der Waals surface area contributed by atoms with Crippen molar-refractivity contribution in [1.82, 2.24) is 5.32 Å². The quantitative estimate of drug-likeness (QED) is 0.874. The largest absolute Gasteiger partial charge is 0.309 e. The van der Waals surface area contributed by atoms with E-state index in [1.807, 2.05) is 6.07 Å². The first kappa shape index (κ1) is 15.6. The maximum Gasteiger partial charge on any atom is 0.0992 e. The van der Waals surface area contributed by atoms with Crippen molar-refractivity contribution in [3.8, 4) is 6.07 Å². The highest BCUT2D eigenvalue weighted by Crippen LogP contribution is 2.18. The number of rotatable bonds is 5. The summed E-state index contributed by atoms with van der Waals surface area (Å²) in [5, 5.41) is 12.8. The van der Waals surface area contributed by atoms with Crippen LogP contribution in [0.4, 0.5) is 0 Å². The average molecular weight is 299 g/mol. The van der Waals surface area contributed by atoms with E-state index in [4.69, 9.17) is 16.9 Å². The Balaban J connectivity index is 1.91. The molecule has 2 nitrogen and oxygen atoms in total. The molecular weight excluding hydrogens is 280 g/mol. The third-order valence-corrected chi connectivity index (χ3v) is 3.82. The maximum absolute atomic E-state index is 8.81. The lowest BCUT2D eigenvalue weighted by molar-refractivity contribution is 0.693. The van der Waals surface area contributed by atoms with Crippen LogP contribution in [0.2, 0.25) is 5.02 Å². The molecule has 0 aliphatic rings. The summed E-state index contributed by atoms with van der Waals surface area (Å²) in [4.78, 5) is 0. The Kier molecular flexibility index (Phi) is 5.38. The van der Waals surface area contributed by atoms with Crippen LogP contribution in [0.3, 0.4) is 0 Å². The minimum atomic E-state index is 0.560. The van der Waals surface area contributed by atoms with Crippen molar-refractivity contribution < 1.29 is 0 Å². The van der Waals surface area contributed by atoms with Crippen LogP contribution in [-0.2, 0) is 13.1 Å². The fourth-order valence-electron chi connectivity index (χ4n) is 2.12. The molecule has 0 aliphatic heterocycles. The molecule has 2 rings (SSSR count). The van der Waals surface area contributed by atoms with Crippen LogP contribution in [-0.4, -0.2) is 0 Å². The fourth-order valence-corrected chi connectivity index (χ4v) is 2.37. The summed E-state index contributed by atoms with van der Waals surface area (Å²) in [6.07, 6.45) is 0. The van der Waals surface area contributed by atoms with E-state index < -0.39 is 0 Å². The molecule has 0 aliphatic carbocycles. The Bertz CT molecular complexity index is 639. The molecule has 0 fully saturated rings. The summed E-state index contributed by atoms with van der Waals surface area (Å²) in [6.45, 7) is 5.88. The second kappa shape index (κ2) is 7.26. The van der Waals surface area contributed by atoms with Gasteiger partial charge in [0.25, 0.3) is 0 Å². The van der Waals surface area contributed by atoms with E-state index in [-0.39, 0.29) is 0 Å². The van der Waals surface area contributed by atoms with E-state index in [1.54, 1.807) is 12.1 Å². The number of nitrogens with zero attached hydrogens (tertiary/aromatic N) is 1. The Morgan fingerprint density at radius 1 is 1.10 bits per heavy atom. The van der Waals surface area contributed by atoms with Crippen LogP contribution in [0.5, 0.6) is 0 Å². The van der Waals surface area contributed by atoms with Gasteiger partial charge in [0.15, 0.2) is 0 Å². The Hall–Kier alpha value is -1.82. The van der Waals surface area contributed by atoms with Gasteiger partial charge in [0.1, 0.15) is 0 Å². The Morgan fingerprint density at radius 2 is 1.81 bits per heavy atom. The summed E-state index contributed by atoms with van der Waals surface area (Å²) in [5.41, 5.74) is 4.21. The zero-order valence-electron chi connectivity index (χ0n) is 12.4. The molecule has 21 heavy (non-hydrogen) atoms. The minimum absolute atomic E-state index is 0.560. The van der Waals surface area contributed by atoms with Gasteiger partial charge in [-0.15, -0.1) is 0 Å². The van der Waals surface area contributed by atoms with Crippen LogP contribution in [0.25, 0.3) is 0 Å². The number of nitrogens with one attached hydrogen (secondary N) is 1. The van der Waals surface area contributed by atoms with Crippen molar-refractivity contribution in [3.05, 3.63) is 69.7 Å². The highest BCUT2D eigenvalue weighted by Gasteiger charge is 2.02. The Labute approximate surface area is 131 Å². The number of nitriles is 1. The van der Waals surface area contributed by atoms with Gasteiger partial charge in [-0.05, 0) is 34.7 Å². The van der Waals surface area contributed by atoms with Gasteiger partial charge in [0, 0.05) is 18.1 Å². The summed E-state index contributed by atoms with van der Waals surface area (Å²) in [7, 11) is 0. The van der Waals surface area contributed by atoms with Gasteiger partial charge in [-0.2, -0.15) is 5.26 Å². The van der Waals surface area contributed by atoms with Crippen LogP contribution < -0.4 is 5.32 Å². The predicted octanol–water partition coefficient (Wildman–Crippen LogP) is 4.62. The first-order valence-corrected chi connectivity index (χ1v) is 7.46. The van der Waals surface area contributed by atoms with Crippen LogP contribution >= 0.6 is 11.6 Å². The van der Waals surface area contributed by atoms with Crippen molar-refractivity contribution >= 4 is 11.6 Å². The van der Waals surface area contributed by atoms with Crippen molar-refractivity contribution in [1.29, 1.82) is 5.26 Å². The van der Waals surface area contributed by atoms with Gasteiger partial charge in [0.05, 0.1) is 11.6 Å². The summed E-state index contributed by atoms with van der Waals surface area (Å²) < 4.78 is 0. The topological polar surface area (TPSA) is 35.8 Å². The first-order valence-electron chi connectivity index (χ1n) is 7.08. The summed E-state index contributed by atoms with van der Waals surface area (Å²) in [5.74, 6) is 0.560. The molecule has 0 bridgehead atoms. The zero-order chi connectivity index (χ0) is 15.2. The fraction of sp³-hybridized carbons (Fsp3) is 0.278. The monoisotopic (exact) mass is 298 g/mol. The van der Waals surface area contributed by atoms with E-state index in [1.165, 1.54) is 11.1 Å². The molecule has 1 N–H and O–H groups in total. The first-order chi connectivity index (χ1) is 10.1. The lowest BCUT2D eigenvalue weighted by Gasteiger charge is -2.09. The average Bonchev–Trinajstić information content (AvgIpc) is 2.49. The van der Waals surface area contributed by atoms with Crippen LogP contribution in [0.1, 0.15) is 42.0 Å². The second-order valence-corrected chi connectivity index (χ2v) is 5.83. The maximum atomic E-state index is 8.81. The lowest BCUT2D eigenvalue weighted by Crippen LogP contribution is -2.13. The SMILES string of the molecule is CC(C)c1ccc(CNCc2ccc(C#N)cc2Cl)cc1. The molecule has 2 aromatic carbocycles. The van der Waals surface area contributed by atoms with Crippen molar-refractivity contribution in [2.75, 3.05) is 0 Å². The molecular formula is C18H19ClN2. The Morgan fingerprint density at radius 3 is 2.38 bits per heavy atom. The van der Waals surface area contributed by atoms with Gasteiger partial charge in [0.2, 0.25) is 0 Å². The van der Waals surface area contributed by atoms with Gasteiger partial charge in [-0.3, -0.25) is 0 Å². The van der Waals surface area contributed by atoms with E-state index in [2.05, 4.69) is 49.5 Å². The molecule has 0 unspecified atom stereocenters. The molecule has 0 amide bonds. The second-order valence-electron chi connectivity index (χ2n) is 5.42. The number of hydrogen-bond donors (Lipinski definition) is 1. The third kappa shape index (κ3) is 4.32. The normalized spacial score (nSPS) is 10.6. The zero-order valence-corrected chi connectivity index (χ0v) is 13.1. The number of benzene rings is 2. The molecule has 0 aromatic heterocycles. The van der Waals surface area contributed by atoms with E-state index in [0.29, 0.717) is 23.0 Å². The molecule has 0 saturated carbocycles. The lowest BCUT2D eigenvalue weighted by atomic mass is 10.0. The molecule has 3 heteroatoms. The smallest absolute Gasteiger partial charge is 0.0992 e. The van der Waals surface area contributed by atoms with Crippen LogP contribution in [0.15, 0.2) is 42.5 Å². The minimum Gasteiger partial charge on any atom is -0.309 e. The molecule has 0 heterocycles. The van der Waals surface area contributed by atoms with E-state index in [9.17, 15) is 0 Å². The van der Waals surface area contributed by atoms with Crippen molar-refractivity contribution in [2.45, 2.75) is 32.9 Å². The van der Waals surface area contributed by atoms with Gasteiger partial charge in [-0.25, -0.2) is 0 Å². The van der Waals surface area contributed by atoms with E-state index in [0.717, 1.165) is 12.1 Å². The molecule has 0 radical (unpaired) electrons. The standard InChI is InChI=1S/C18H19ClN2/c1-13(2)16-6-3-14(4-7-16)11-21-12-17-8-5-15(10-20)9-18(17)19/h3-9,13,21H,11-12H2,1-2H3. The highest BCUT2D eigenvalue weighted by molar-refractivity contribution is 6.31. The molecule has 0 saturated heterocycles. The summed E-state index contributed by atoms with van der Waals surface area (Å²) >= 11 is 6.15. The van der Waals surface area contributed by atoms with Gasteiger partial charge in [-0.1, -0.05) is 55.8 Å². The number of hydrogen-bond acceptors (Lipinski definition) is 2. The van der Waals surface area contributed by atoms with Crippen molar-refractivity contribution in [2.24, 2.45) is 0 Å². The van der Waals surface area contributed by atoms with E-state index >= 15 is 0 Å². The molecule has 0 atom stereocenters. The van der Waals surface area contributed by atoms with Gasteiger partial charge >= 0.3 is 0 Å². The predicted molar refractivity (Wildman–Crippen MR) is 87.2 cm³/mol. The molecule has 2 aromatic rings. The highest BCUT2D eigenvalue weighted by atomic mass is 35.5. The van der Waals surface area contributed by atoms with Gasteiger partial charge < -0.3 is 5.32 Å². The molecule has 108 valence electrons. The van der Waals surface area contributed by atoms with Crippen molar-refractivity contribution in [3.63, 3.8) is 0 Å². The van der Waals surface area contributed by atoms with Crippen LogP contribution in [0, 0.1) is 11.3 Å². The summed E-state index contributed by atoms with van der Waals surface area (Å²) in [6, 6.07) is 16.1. The number of halogens is 1. The molecule has 0 spiro atoms.